The summed E-state index contributed by atoms with van der Waals surface area (Å²) in [6.45, 7) is 5.47. The van der Waals surface area contributed by atoms with Crippen molar-refractivity contribution < 1.29 is 23.0 Å². The summed E-state index contributed by atoms with van der Waals surface area (Å²) >= 11 is 0. The zero-order valence-corrected chi connectivity index (χ0v) is 13.2. The Bertz CT molecular complexity index is 344. The van der Waals surface area contributed by atoms with Crippen molar-refractivity contribution in [3.05, 3.63) is 0 Å². The Labute approximate surface area is 130 Å². The Morgan fingerprint density at radius 3 is 2.55 bits per heavy atom. The van der Waals surface area contributed by atoms with Crippen LogP contribution in [0.4, 0.5) is 13.2 Å². The molecule has 22 heavy (non-hydrogen) atoms. The van der Waals surface area contributed by atoms with Crippen LogP contribution in [0.15, 0.2) is 0 Å². The molecule has 3 atom stereocenters. The van der Waals surface area contributed by atoms with Crippen LogP contribution >= 0.6 is 0 Å². The molecule has 1 saturated heterocycles. The van der Waals surface area contributed by atoms with Crippen molar-refractivity contribution in [2.24, 2.45) is 5.92 Å². The van der Waals surface area contributed by atoms with Gasteiger partial charge in [0.25, 0.3) is 0 Å². The fourth-order valence-corrected chi connectivity index (χ4v) is 3.33. The zero-order chi connectivity index (χ0) is 16.2. The summed E-state index contributed by atoms with van der Waals surface area (Å²) in [5, 5.41) is 13.6. The molecule has 0 aromatic heterocycles. The molecule has 7 heteroatoms. The van der Waals surface area contributed by atoms with E-state index in [-0.39, 0.29) is 18.9 Å². The minimum absolute atomic E-state index is 0.122. The van der Waals surface area contributed by atoms with Gasteiger partial charge in [0.2, 0.25) is 0 Å². The third-order valence-electron chi connectivity index (χ3n) is 4.58. The van der Waals surface area contributed by atoms with Crippen molar-refractivity contribution >= 4 is 0 Å². The highest BCUT2D eigenvalue weighted by Gasteiger charge is 2.42. The highest BCUT2D eigenvalue weighted by atomic mass is 19.4. The van der Waals surface area contributed by atoms with Crippen molar-refractivity contribution in [3.63, 3.8) is 0 Å². The number of alkyl halides is 3. The molecule has 0 unspecified atom stereocenters. The molecule has 130 valence electrons. The number of rotatable bonds is 5. The van der Waals surface area contributed by atoms with Gasteiger partial charge in [0.15, 0.2) is 0 Å². The summed E-state index contributed by atoms with van der Waals surface area (Å²) in [7, 11) is 0. The summed E-state index contributed by atoms with van der Waals surface area (Å²) in [5.74, 6) is -1.21. The maximum Gasteiger partial charge on any atom is 0.391 e. The quantitative estimate of drug-likeness (QED) is 0.809. The first kappa shape index (κ1) is 18.0. The summed E-state index contributed by atoms with van der Waals surface area (Å²) in [6.07, 6.45) is -2.41. The normalized spacial score (nSPS) is 31.0. The van der Waals surface area contributed by atoms with Crippen LogP contribution in [-0.2, 0) is 4.74 Å². The van der Waals surface area contributed by atoms with Gasteiger partial charge in [-0.2, -0.15) is 13.2 Å². The molecule has 0 aromatic carbocycles. The summed E-state index contributed by atoms with van der Waals surface area (Å²) < 4.78 is 43.7. The topological polar surface area (TPSA) is 44.7 Å². The molecule has 2 fully saturated rings. The molecule has 1 heterocycles. The number of ether oxygens (including phenoxy) is 1. The Balaban J connectivity index is 1.75. The van der Waals surface area contributed by atoms with Crippen LogP contribution in [0.3, 0.4) is 0 Å². The number of hydrogen-bond acceptors (Lipinski definition) is 4. The van der Waals surface area contributed by atoms with Crippen molar-refractivity contribution in [1.29, 1.82) is 0 Å². The van der Waals surface area contributed by atoms with E-state index in [2.05, 4.69) is 10.2 Å². The maximum atomic E-state index is 12.8. The third kappa shape index (κ3) is 5.68. The van der Waals surface area contributed by atoms with Gasteiger partial charge in [-0.15, -0.1) is 0 Å². The van der Waals surface area contributed by atoms with E-state index in [1.807, 2.05) is 0 Å². The van der Waals surface area contributed by atoms with E-state index in [1.165, 1.54) is 0 Å². The van der Waals surface area contributed by atoms with Gasteiger partial charge in [0, 0.05) is 32.2 Å². The van der Waals surface area contributed by atoms with Crippen molar-refractivity contribution in [2.45, 2.75) is 50.4 Å². The van der Waals surface area contributed by atoms with E-state index in [0.29, 0.717) is 32.7 Å². The fraction of sp³-hybridized carbons (Fsp3) is 1.00. The van der Waals surface area contributed by atoms with Gasteiger partial charge in [-0.3, -0.25) is 4.90 Å². The first-order valence-corrected chi connectivity index (χ1v) is 8.09. The van der Waals surface area contributed by atoms with E-state index < -0.39 is 17.7 Å². The smallest absolute Gasteiger partial charge is 0.388 e. The van der Waals surface area contributed by atoms with Gasteiger partial charge in [-0.1, -0.05) is 6.42 Å². The Morgan fingerprint density at radius 1 is 1.23 bits per heavy atom. The second-order valence-corrected chi connectivity index (χ2v) is 6.87. The van der Waals surface area contributed by atoms with E-state index in [4.69, 9.17) is 4.74 Å². The van der Waals surface area contributed by atoms with Gasteiger partial charge >= 0.3 is 6.18 Å². The number of β-amino-alcohol motifs (C(OH)–C–C–N with tert-alkyl or cyclic N) is 1. The molecule has 0 bridgehead atoms. The van der Waals surface area contributed by atoms with Crippen LogP contribution in [0, 0.1) is 5.92 Å². The Morgan fingerprint density at radius 2 is 1.91 bits per heavy atom. The molecule has 1 saturated carbocycles. The molecule has 2 aliphatic rings. The monoisotopic (exact) mass is 324 g/mol. The van der Waals surface area contributed by atoms with Crippen LogP contribution in [0.5, 0.6) is 0 Å². The van der Waals surface area contributed by atoms with Crippen LogP contribution in [0.2, 0.25) is 0 Å². The SMILES string of the molecule is C[C@](O)(CN[C@@H]1CCC[C@H](C(F)(F)F)C1)CN1CCOCC1. The lowest BCUT2D eigenvalue weighted by Gasteiger charge is -2.36. The number of hydrogen-bond donors (Lipinski definition) is 2. The highest BCUT2D eigenvalue weighted by molar-refractivity contribution is 4.86. The molecule has 1 aliphatic heterocycles. The maximum absolute atomic E-state index is 12.8. The molecule has 0 spiro atoms. The van der Waals surface area contributed by atoms with Gasteiger partial charge in [-0.25, -0.2) is 0 Å². The van der Waals surface area contributed by atoms with Crippen LogP contribution < -0.4 is 5.32 Å². The first-order chi connectivity index (χ1) is 10.3. The van der Waals surface area contributed by atoms with E-state index in [0.717, 1.165) is 19.5 Å². The highest BCUT2D eigenvalue weighted by Crippen LogP contribution is 2.37. The standard InChI is InChI=1S/C15H27F3N2O2/c1-14(21,11-20-5-7-22-8-6-20)10-19-13-4-2-3-12(9-13)15(16,17)18/h12-13,19,21H,2-11H2,1H3/t12-,13+,14-/m0/s1. The summed E-state index contributed by atoms with van der Waals surface area (Å²) in [6, 6.07) is -0.156. The second-order valence-electron chi connectivity index (χ2n) is 6.87. The first-order valence-electron chi connectivity index (χ1n) is 8.09. The van der Waals surface area contributed by atoms with Crippen LogP contribution in [0.1, 0.15) is 32.6 Å². The molecule has 4 nitrogen and oxygen atoms in total. The summed E-state index contributed by atoms with van der Waals surface area (Å²) in [5.41, 5.74) is -0.942. The zero-order valence-electron chi connectivity index (χ0n) is 13.2. The molecular formula is C15H27F3N2O2. The molecule has 0 radical (unpaired) electrons. The van der Waals surface area contributed by atoms with E-state index >= 15 is 0 Å². The van der Waals surface area contributed by atoms with Crippen LogP contribution in [0.25, 0.3) is 0 Å². The molecule has 2 rings (SSSR count). The Hall–Kier alpha value is -0.370. The fourth-order valence-electron chi connectivity index (χ4n) is 3.33. The molecule has 0 aromatic rings. The second kappa shape index (κ2) is 7.47. The lowest BCUT2D eigenvalue weighted by Crippen LogP contribution is -2.52. The number of nitrogens with one attached hydrogen (secondary N) is 1. The van der Waals surface area contributed by atoms with Crippen molar-refractivity contribution in [1.82, 2.24) is 10.2 Å². The average Bonchev–Trinajstić information content (AvgIpc) is 2.45. The minimum Gasteiger partial charge on any atom is -0.388 e. The lowest BCUT2D eigenvalue weighted by molar-refractivity contribution is -0.183. The minimum atomic E-state index is -4.10. The average molecular weight is 324 g/mol. The molecular weight excluding hydrogens is 297 g/mol. The van der Waals surface area contributed by atoms with Crippen molar-refractivity contribution in [3.8, 4) is 0 Å². The lowest BCUT2D eigenvalue weighted by atomic mass is 9.85. The molecule has 1 aliphatic carbocycles. The predicted octanol–water partition coefficient (Wildman–Crippen LogP) is 1.78. The number of aliphatic hydroxyl groups is 1. The van der Waals surface area contributed by atoms with E-state index in [1.54, 1.807) is 6.92 Å². The van der Waals surface area contributed by atoms with Gasteiger partial charge < -0.3 is 15.2 Å². The predicted molar refractivity (Wildman–Crippen MR) is 77.7 cm³/mol. The van der Waals surface area contributed by atoms with Gasteiger partial charge in [0.05, 0.1) is 24.7 Å². The van der Waals surface area contributed by atoms with Gasteiger partial charge in [-0.05, 0) is 26.2 Å². The van der Waals surface area contributed by atoms with E-state index in [9.17, 15) is 18.3 Å². The summed E-state index contributed by atoms with van der Waals surface area (Å²) in [4.78, 5) is 2.13. The largest absolute Gasteiger partial charge is 0.391 e. The number of morpholine rings is 1. The third-order valence-corrected chi connectivity index (χ3v) is 4.58. The van der Waals surface area contributed by atoms with Crippen molar-refractivity contribution in [2.75, 3.05) is 39.4 Å². The Kier molecular flexibility index (Phi) is 6.10. The number of nitrogens with zero attached hydrogens (tertiary/aromatic N) is 1. The molecule has 2 N–H and O–H groups in total. The van der Waals surface area contributed by atoms with Gasteiger partial charge in [0.1, 0.15) is 0 Å². The number of halogens is 3. The molecule has 0 amide bonds. The van der Waals surface area contributed by atoms with Crippen LogP contribution in [-0.4, -0.2) is 67.2 Å².